The first-order chi connectivity index (χ1) is 8.60. The third-order valence-corrected chi connectivity index (χ3v) is 3.32. The van der Waals surface area contributed by atoms with Crippen LogP contribution < -0.4 is 5.32 Å². The highest BCUT2D eigenvalue weighted by Gasteiger charge is 2.33. The Hall–Kier alpha value is -1.11. The normalized spacial score (nSPS) is 22.4. The molecule has 3 N–H and O–H groups in total. The summed E-state index contributed by atoms with van der Waals surface area (Å²) in [7, 11) is 1.74. The van der Waals surface area contributed by atoms with Crippen molar-refractivity contribution in [1.29, 1.82) is 0 Å². The highest BCUT2D eigenvalue weighted by molar-refractivity contribution is 5.85. The number of aromatic nitrogens is 2. The number of likely N-dealkylation sites (tertiary alicyclic amines) is 1. The van der Waals surface area contributed by atoms with Crippen LogP contribution in [0.4, 0.5) is 0 Å². The number of aromatic amines is 1. The number of carbonyl (C=O) groups is 1. The second-order valence-corrected chi connectivity index (χ2v) is 4.90. The number of β-amino-alcohol motifs (C(OH)–C–C–N with tert-alkyl or cyclic N) is 1. The molecule has 1 aliphatic rings. The van der Waals surface area contributed by atoms with Crippen LogP contribution in [0, 0.1) is 12.8 Å². The van der Waals surface area contributed by atoms with Crippen molar-refractivity contribution in [3.63, 3.8) is 0 Å². The van der Waals surface area contributed by atoms with E-state index in [-0.39, 0.29) is 24.2 Å². The van der Waals surface area contributed by atoms with E-state index < -0.39 is 6.10 Å². The smallest absolute Gasteiger partial charge is 0.236 e. The summed E-state index contributed by atoms with van der Waals surface area (Å²) in [6, 6.07) is 1.98. The van der Waals surface area contributed by atoms with Crippen molar-refractivity contribution in [2.75, 3.05) is 26.7 Å². The summed E-state index contributed by atoms with van der Waals surface area (Å²) in [5, 5.41) is 19.9. The largest absolute Gasteiger partial charge is 0.391 e. The fraction of sp³-hybridized carbons (Fsp3) is 0.667. The van der Waals surface area contributed by atoms with Gasteiger partial charge in [0.2, 0.25) is 5.91 Å². The number of hydrogen-bond acceptors (Lipinski definition) is 4. The quantitative estimate of drug-likeness (QED) is 0.712. The summed E-state index contributed by atoms with van der Waals surface area (Å²) in [5.41, 5.74) is 1.96. The van der Waals surface area contributed by atoms with Gasteiger partial charge in [-0.15, -0.1) is 12.4 Å². The molecular formula is C12H21ClN4O2. The summed E-state index contributed by atoms with van der Waals surface area (Å²) < 4.78 is 0. The molecule has 1 saturated heterocycles. The number of aliphatic hydroxyl groups excluding tert-OH is 1. The van der Waals surface area contributed by atoms with Crippen LogP contribution in [0.5, 0.6) is 0 Å². The molecule has 0 radical (unpaired) electrons. The predicted octanol–water partition coefficient (Wildman–Crippen LogP) is -0.279. The number of halogens is 1. The zero-order chi connectivity index (χ0) is 13.1. The molecule has 0 saturated carbocycles. The summed E-state index contributed by atoms with van der Waals surface area (Å²) in [5.74, 6) is 0.116. The van der Waals surface area contributed by atoms with Crippen LogP contribution in [0.2, 0.25) is 0 Å². The number of carbonyl (C=O) groups excluding carboxylic acids is 1. The summed E-state index contributed by atoms with van der Waals surface area (Å²) in [6.07, 6.45) is 0.247. The standard InChI is InChI=1S/C12H20N4O2.ClH/c1-8-3-10(15-14-8)4-9-6-16(7-11(9)17)12(18)5-13-2;/h3,9,11,13,17H,4-7H2,1-2H3,(H,14,15);1H/t9-,11-;/m1./s1. The zero-order valence-electron chi connectivity index (χ0n) is 11.2. The van der Waals surface area contributed by atoms with E-state index in [4.69, 9.17) is 0 Å². The average Bonchev–Trinajstić information content (AvgIpc) is 2.87. The van der Waals surface area contributed by atoms with Crippen LogP contribution >= 0.6 is 12.4 Å². The fourth-order valence-corrected chi connectivity index (χ4v) is 2.37. The number of likely N-dealkylation sites (N-methyl/N-ethyl adjacent to an activating group) is 1. The molecule has 2 rings (SSSR count). The van der Waals surface area contributed by atoms with Gasteiger partial charge in [0.05, 0.1) is 18.3 Å². The van der Waals surface area contributed by atoms with Crippen molar-refractivity contribution >= 4 is 18.3 Å². The van der Waals surface area contributed by atoms with Gasteiger partial charge < -0.3 is 15.3 Å². The van der Waals surface area contributed by atoms with Gasteiger partial charge in [-0.3, -0.25) is 9.89 Å². The van der Waals surface area contributed by atoms with Crippen molar-refractivity contribution in [1.82, 2.24) is 20.4 Å². The molecule has 0 bridgehead atoms. The number of aliphatic hydroxyl groups is 1. The van der Waals surface area contributed by atoms with Gasteiger partial charge >= 0.3 is 0 Å². The van der Waals surface area contributed by atoms with Crippen LogP contribution in [0.15, 0.2) is 6.07 Å². The summed E-state index contributed by atoms with van der Waals surface area (Å²) in [6.45, 7) is 3.30. The lowest BCUT2D eigenvalue weighted by Crippen LogP contribution is -2.36. The second-order valence-electron chi connectivity index (χ2n) is 4.90. The lowest BCUT2D eigenvalue weighted by Gasteiger charge is -2.15. The van der Waals surface area contributed by atoms with Crippen LogP contribution in [0.1, 0.15) is 11.4 Å². The monoisotopic (exact) mass is 288 g/mol. The molecule has 1 amide bonds. The Kier molecular flexibility index (Phi) is 5.78. The molecule has 6 nitrogen and oxygen atoms in total. The van der Waals surface area contributed by atoms with Gasteiger partial charge in [0.1, 0.15) is 0 Å². The van der Waals surface area contributed by atoms with E-state index in [9.17, 15) is 9.90 Å². The molecule has 1 aliphatic heterocycles. The van der Waals surface area contributed by atoms with Gasteiger partial charge in [0.25, 0.3) is 0 Å². The Morgan fingerprint density at radius 1 is 1.63 bits per heavy atom. The average molecular weight is 289 g/mol. The molecule has 0 aromatic carbocycles. The SMILES string of the molecule is CNCC(=O)N1C[C@@H](Cc2cc(C)[nH]n2)[C@H](O)C1.Cl. The van der Waals surface area contributed by atoms with Gasteiger partial charge in [0.15, 0.2) is 0 Å². The van der Waals surface area contributed by atoms with Crippen molar-refractivity contribution in [2.45, 2.75) is 19.4 Å². The highest BCUT2D eigenvalue weighted by Crippen LogP contribution is 2.21. The summed E-state index contributed by atoms with van der Waals surface area (Å²) in [4.78, 5) is 13.4. The first-order valence-corrected chi connectivity index (χ1v) is 6.21. The second kappa shape index (κ2) is 6.88. The third-order valence-electron chi connectivity index (χ3n) is 3.32. The van der Waals surface area contributed by atoms with Crippen molar-refractivity contribution in [2.24, 2.45) is 5.92 Å². The third kappa shape index (κ3) is 3.92. The maximum absolute atomic E-state index is 11.7. The van der Waals surface area contributed by atoms with E-state index in [0.717, 1.165) is 11.4 Å². The van der Waals surface area contributed by atoms with E-state index in [1.54, 1.807) is 11.9 Å². The first kappa shape index (κ1) is 15.9. The summed E-state index contributed by atoms with van der Waals surface area (Å²) >= 11 is 0. The number of amides is 1. The number of aryl methyl sites for hydroxylation is 1. The van der Waals surface area contributed by atoms with Crippen LogP contribution in [-0.4, -0.2) is 58.9 Å². The zero-order valence-corrected chi connectivity index (χ0v) is 12.0. The maximum Gasteiger partial charge on any atom is 0.236 e. The minimum Gasteiger partial charge on any atom is -0.391 e. The lowest BCUT2D eigenvalue weighted by atomic mass is 10.0. The highest BCUT2D eigenvalue weighted by atomic mass is 35.5. The first-order valence-electron chi connectivity index (χ1n) is 6.21. The molecule has 1 aromatic heterocycles. The maximum atomic E-state index is 11.7. The molecule has 108 valence electrons. The fourth-order valence-electron chi connectivity index (χ4n) is 2.37. The Morgan fingerprint density at radius 3 is 2.95 bits per heavy atom. The molecule has 2 atom stereocenters. The van der Waals surface area contributed by atoms with E-state index in [1.807, 2.05) is 13.0 Å². The van der Waals surface area contributed by atoms with E-state index >= 15 is 0 Å². The Bertz CT molecular complexity index is 424. The predicted molar refractivity (Wildman–Crippen MR) is 74.3 cm³/mol. The molecule has 7 heteroatoms. The molecule has 19 heavy (non-hydrogen) atoms. The molecule has 0 unspecified atom stereocenters. The van der Waals surface area contributed by atoms with Gasteiger partial charge in [-0.1, -0.05) is 0 Å². The lowest BCUT2D eigenvalue weighted by molar-refractivity contribution is -0.129. The van der Waals surface area contributed by atoms with Gasteiger partial charge in [-0.25, -0.2) is 0 Å². The van der Waals surface area contributed by atoms with Crippen molar-refractivity contribution in [3.05, 3.63) is 17.5 Å². The molecule has 1 aromatic rings. The number of nitrogens with zero attached hydrogens (tertiary/aromatic N) is 2. The van der Waals surface area contributed by atoms with Crippen LogP contribution in [-0.2, 0) is 11.2 Å². The van der Waals surface area contributed by atoms with Gasteiger partial charge in [-0.05, 0) is 26.5 Å². The van der Waals surface area contributed by atoms with E-state index in [1.165, 1.54) is 0 Å². The van der Waals surface area contributed by atoms with Crippen LogP contribution in [0.25, 0.3) is 0 Å². The van der Waals surface area contributed by atoms with Crippen molar-refractivity contribution in [3.8, 4) is 0 Å². The minimum atomic E-state index is -0.456. The number of hydrogen-bond donors (Lipinski definition) is 3. The topological polar surface area (TPSA) is 81.2 Å². The van der Waals surface area contributed by atoms with E-state index in [0.29, 0.717) is 26.1 Å². The molecule has 0 spiro atoms. The molecule has 2 heterocycles. The molecule has 1 fully saturated rings. The number of rotatable bonds is 4. The Labute approximate surface area is 119 Å². The van der Waals surface area contributed by atoms with Crippen molar-refractivity contribution < 1.29 is 9.90 Å². The minimum absolute atomic E-state index is 0. The van der Waals surface area contributed by atoms with E-state index in [2.05, 4.69) is 15.5 Å². The van der Waals surface area contributed by atoms with Crippen LogP contribution in [0.3, 0.4) is 0 Å². The Morgan fingerprint density at radius 2 is 2.37 bits per heavy atom. The number of nitrogens with one attached hydrogen (secondary N) is 2. The molecular weight excluding hydrogens is 268 g/mol. The van der Waals surface area contributed by atoms with Gasteiger partial charge in [0, 0.05) is 24.7 Å². The number of H-pyrrole nitrogens is 1. The van der Waals surface area contributed by atoms with Gasteiger partial charge in [-0.2, -0.15) is 5.10 Å². The Balaban J connectivity index is 0.00000180. The molecule has 0 aliphatic carbocycles.